The fourth-order valence-corrected chi connectivity index (χ4v) is 8.47. The molecule has 294 valence electrons. The van der Waals surface area contributed by atoms with Crippen molar-refractivity contribution < 1.29 is 35.1 Å². The summed E-state index contributed by atoms with van der Waals surface area (Å²) >= 11 is 0. The van der Waals surface area contributed by atoms with Crippen molar-refractivity contribution in [2.75, 3.05) is 0 Å². The zero-order valence-electron chi connectivity index (χ0n) is 30.7. The van der Waals surface area contributed by atoms with E-state index in [-0.39, 0.29) is 22.3 Å². The number of halogens is 8. The minimum atomic E-state index is -2.47. The van der Waals surface area contributed by atoms with Crippen molar-refractivity contribution in [3.63, 3.8) is 0 Å². The predicted octanol–water partition coefficient (Wildman–Crippen LogP) is 9.96. The lowest BCUT2D eigenvalue weighted by Gasteiger charge is -2.28. The number of nitriles is 8. The molecule has 4 atom stereocenters. The Bertz CT molecular complexity index is 3020. The molecule has 16 heteroatoms. The van der Waals surface area contributed by atoms with Gasteiger partial charge in [-0.3, -0.25) is 0 Å². The Morgan fingerprint density at radius 1 is 0.371 bits per heavy atom. The van der Waals surface area contributed by atoms with Crippen molar-refractivity contribution in [2.24, 2.45) is 0 Å². The molecule has 0 N–H and O–H groups in total. The normalized spacial score (nSPS) is 15.7. The average molecular weight is 831 g/mol. The van der Waals surface area contributed by atoms with Crippen molar-refractivity contribution in [1.29, 1.82) is 42.1 Å². The average Bonchev–Trinajstić information content (AvgIpc) is 3.81. The number of nitrogens with zero attached hydrogens (tertiary/aromatic N) is 8. The summed E-state index contributed by atoms with van der Waals surface area (Å²) in [6, 6.07) is 26.6. The maximum Gasteiger partial charge on any atom is 0.180 e. The van der Waals surface area contributed by atoms with Crippen LogP contribution in [0, 0.1) is 137 Å². The van der Waals surface area contributed by atoms with Gasteiger partial charge in [0, 0.05) is 34.1 Å². The van der Waals surface area contributed by atoms with Crippen LogP contribution in [0.4, 0.5) is 35.1 Å². The second-order valence-electron chi connectivity index (χ2n) is 13.6. The Hall–Kier alpha value is -9.06. The summed E-state index contributed by atoms with van der Waals surface area (Å²) in [4.78, 5) is 0. The Labute approximate surface area is 345 Å². The molecular formula is C46H14F8N8. The van der Waals surface area contributed by atoms with E-state index < -0.39 is 137 Å². The van der Waals surface area contributed by atoms with E-state index in [1.54, 1.807) is 12.1 Å². The van der Waals surface area contributed by atoms with Gasteiger partial charge in [-0.15, -0.1) is 0 Å². The Balaban J connectivity index is 1.72. The molecule has 4 unspecified atom stereocenters. The molecule has 2 aliphatic carbocycles. The summed E-state index contributed by atoms with van der Waals surface area (Å²) in [6.07, 6.45) is 0. The van der Waals surface area contributed by atoms with E-state index in [2.05, 4.69) is 0 Å². The van der Waals surface area contributed by atoms with Gasteiger partial charge in [0.1, 0.15) is 41.5 Å². The Morgan fingerprint density at radius 2 is 0.677 bits per heavy atom. The van der Waals surface area contributed by atoms with Crippen LogP contribution in [0.15, 0.2) is 60.7 Å². The van der Waals surface area contributed by atoms with Crippen LogP contribution in [0.1, 0.15) is 90.4 Å². The standard InChI is InChI=1S/C46H14F8N8/c47-39-27(17-61)40(48)44(52)37(43(39)51)25(15-59)33-29(19-7-3-1-4-8-19)21(11-55)31-23(13-57)32-22(12-56)30(20-9-5-2-6-10-20)34(36(32)24(14-58)35(31)33)26(16-60)38-45(53)41(49)28(18-62)42(50)46(38)54/h1-10,25-26,33-34H. The lowest BCUT2D eigenvalue weighted by atomic mass is 9.71. The Kier molecular flexibility index (Phi) is 10.3. The zero-order valence-corrected chi connectivity index (χ0v) is 30.7. The molecule has 0 aliphatic heterocycles. The first-order valence-corrected chi connectivity index (χ1v) is 17.6. The van der Waals surface area contributed by atoms with Crippen LogP contribution in [0.2, 0.25) is 0 Å². The third-order valence-electron chi connectivity index (χ3n) is 10.9. The molecule has 0 saturated carbocycles. The van der Waals surface area contributed by atoms with Crippen molar-refractivity contribution in [3.8, 4) is 48.6 Å². The third kappa shape index (κ3) is 5.58. The first-order valence-electron chi connectivity index (χ1n) is 17.6. The third-order valence-corrected chi connectivity index (χ3v) is 10.9. The highest BCUT2D eigenvalue weighted by Gasteiger charge is 2.51. The van der Waals surface area contributed by atoms with E-state index in [1.807, 2.05) is 24.3 Å². The van der Waals surface area contributed by atoms with E-state index in [4.69, 9.17) is 0 Å². The predicted molar refractivity (Wildman–Crippen MR) is 198 cm³/mol. The van der Waals surface area contributed by atoms with Crippen LogP contribution in [0.25, 0.3) is 22.3 Å². The van der Waals surface area contributed by atoms with E-state index in [9.17, 15) is 42.1 Å². The summed E-state index contributed by atoms with van der Waals surface area (Å²) in [7, 11) is 0. The van der Waals surface area contributed by atoms with Crippen molar-refractivity contribution >= 4 is 22.3 Å². The molecule has 0 heterocycles. The second kappa shape index (κ2) is 15.6. The highest BCUT2D eigenvalue weighted by Crippen LogP contribution is 2.62. The summed E-state index contributed by atoms with van der Waals surface area (Å²) in [5.74, 6) is -26.7. The summed E-state index contributed by atoms with van der Waals surface area (Å²) < 4.78 is 125. The molecule has 8 nitrogen and oxygen atoms in total. The maximum atomic E-state index is 16.0. The van der Waals surface area contributed by atoms with Crippen molar-refractivity contribution in [2.45, 2.75) is 23.7 Å². The van der Waals surface area contributed by atoms with Crippen LogP contribution in [0.3, 0.4) is 0 Å². The molecule has 0 fully saturated rings. The monoisotopic (exact) mass is 830 g/mol. The minimum absolute atomic E-state index is 0.00833. The maximum absolute atomic E-state index is 16.0. The molecular weight excluding hydrogens is 817 g/mol. The van der Waals surface area contributed by atoms with Gasteiger partial charge in [-0.25, -0.2) is 35.1 Å². The molecule has 0 amide bonds. The van der Waals surface area contributed by atoms with Crippen LogP contribution >= 0.6 is 0 Å². The van der Waals surface area contributed by atoms with Crippen LogP contribution in [0.5, 0.6) is 0 Å². The van der Waals surface area contributed by atoms with E-state index in [0.29, 0.717) is 0 Å². The topological polar surface area (TPSA) is 190 Å². The van der Waals surface area contributed by atoms with Crippen LogP contribution < -0.4 is 0 Å². The summed E-state index contributed by atoms with van der Waals surface area (Å²) in [5, 5.41) is 83.9. The zero-order chi connectivity index (χ0) is 44.9. The van der Waals surface area contributed by atoms with Gasteiger partial charge in [-0.2, -0.15) is 42.1 Å². The van der Waals surface area contributed by atoms with Gasteiger partial charge in [0.05, 0.1) is 52.3 Å². The number of benzene rings is 5. The van der Waals surface area contributed by atoms with Gasteiger partial charge in [0.2, 0.25) is 0 Å². The first-order chi connectivity index (χ1) is 29.8. The second-order valence-corrected chi connectivity index (χ2v) is 13.6. The van der Waals surface area contributed by atoms with Gasteiger partial charge >= 0.3 is 0 Å². The largest absolute Gasteiger partial charge is 0.203 e. The van der Waals surface area contributed by atoms with Gasteiger partial charge in [-0.1, -0.05) is 60.7 Å². The molecule has 0 spiro atoms. The van der Waals surface area contributed by atoms with E-state index in [1.165, 1.54) is 60.7 Å². The van der Waals surface area contributed by atoms with Gasteiger partial charge in [0.25, 0.3) is 0 Å². The quantitative estimate of drug-likeness (QED) is 0.119. The van der Waals surface area contributed by atoms with Crippen LogP contribution in [-0.4, -0.2) is 0 Å². The highest BCUT2D eigenvalue weighted by atomic mass is 19.2. The van der Waals surface area contributed by atoms with Gasteiger partial charge in [-0.05, 0) is 33.4 Å². The van der Waals surface area contributed by atoms with Gasteiger partial charge < -0.3 is 0 Å². The van der Waals surface area contributed by atoms with Crippen LogP contribution in [-0.2, 0) is 0 Å². The lowest BCUT2D eigenvalue weighted by Crippen LogP contribution is -2.20. The van der Waals surface area contributed by atoms with Gasteiger partial charge in [0.15, 0.2) is 46.5 Å². The molecule has 5 aromatic carbocycles. The lowest BCUT2D eigenvalue weighted by molar-refractivity contribution is 0.428. The number of hydrogen-bond acceptors (Lipinski definition) is 8. The highest BCUT2D eigenvalue weighted by molar-refractivity contribution is 6.13. The SMILES string of the molecule is N#CC1=C(c2ccccc2)C(C(C#N)c2c(F)c(F)c(C#N)c(F)c2F)c2c(C#N)c3c(c(C#N)c21)C(C#N)=C(c1ccccc1)C3C(C#N)c1c(F)c(F)c(C#N)c(F)c1F. The summed E-state index contributed by atoms with van der Waals surface area (Å²) in [6.45, 7) is 0. The minimum Gasteiger partial charge on any atom is -0.203 e. The molecule has 2 aliphatic rings. The molecule has 0 saturated heterocycles. The molecule has 0 radical (unpaired) electrons. The number of hydrogen-bond donors (Lipinski definition) is 0. The number of rotatable bonds is 6. The molecule has 5 aromatic rings. The molecule has 62 heavy (non-hydrogen) atoms. The Morgan fingerprint density at radius 3 is 0.935 bits per heavy atom. The number of fused-ring (bicyclic) bond motifs is 2. The molecule has 0 bridgehead atoms. The number of allylic oxidation sites excluding steroid dienone is 4. The fraction of sp³-hybridized carbons (Fsp3) is 0.0870. The fourth-order valence-electron chi connectivity index (χ4n) is 8.47. The molecule has 7 rings (SSSR count). The smallest absolute Gasteiger partial charge is 0.180 e. The summed E-state index contributed by atoms with van der Waals surface area (Å²) in [5.41, 5.74) is -11.9. The van der Waals surface area contributed by atoms with E-state index in [0.717, 1.165) is 12.1 Å². The van der Waals surface area contributed by atoms with Crippen molar-refractivity contribution in [3.05, 3.63) is 174 Å². The first kappa shape index (κ1) is 41.1. The van der Waals surface area contributed by atoms with E-state index >= 15 is 35.1 Å². The molecule has 0 aromatic heterocycles. The van der Waals surface area contributed by atoms with Crippen molar-refractivity contribution in [1.82, 2.24) is 0 Å².